The molecule has 1 heterocycles. The van der Waals surface area contributed by atoms with Crippen LogP contribution in [0.1, 0.15) is 28.9 Å². The van der Waals surface area contributed by atoms with E-state index < -0.39 is 23.1 Å². The average molecular weight is 469 g/mol. The van der Waals surface area contributed by atoms with E-state index in [1.54, 1.807) is 12.1 Å². The van der Waals surface area contributed by atoms with Crippen molar-refractivity contribution in [1.29, 1.82) is 5.26 Å². The van der Waals surface area contributed by atoms with Crippen LogP contribution in [0, 0.1) is 32.5 Å². The number of nitrogens with one attached hydrogen (secondary N) is 1. The van der Waals surface area contributed by atoms with Crippen LogP contribution in [-0.4, -0.2) is 24.0 Å². The number of anilines is 2. The molecule has 8 heteroatoms. The third kappa shape index (κ3) is 4.53. The van der Waals surface area contributed by atoms with E-state index in [1.807, 2.05) is 22.6 Å². The standard InChI is InChI=1S/C18H14F2IN3O2/c19-13-5-11(21)3-4-15(13)23-18-12(6-14(20)16(7-22)24-18)17(25)9-26-8-10-1-2-10/h3-6,10H,1-2,8-9H2,(H,23,24). The first-order valence-corrected chi connectivity index (χ1v) is 8.99. The Morgan fingerprint density at radius 1 is 1.35 bits per heavy atom. The molecule has 0 saturated heterocycles. The number of ether oxygens (including phenoxy) is 1. The molecule has 1 saturated carbocycles. The molecule has 1 aromatic heterocycles. The van der Waals surface area contributed by atoms with E-state index in [2.05, 4.69) is 10.3 Å². The summed E-state index contributed by atoms with van der Waals surface area (Å²) in [5, 5.41) is 11.7. The van der Waals surface area contributed by atoms with Gasteiger partial charge >= 0.3 is 0 Å². The Bertz CT molecular complexity index is 895. The zero-order valence-corrected chi connectivity index (χ0v) is 15.7. The molecule has 0 bridgehead atoms. The van der Waals surface area contributed by atoms with E-state index in [4.69, 9.17) is 10.00 Å². The number of carbonyl (C=O) groups is 1. The quantitative estimate of drug-likeness (QED) is 0.487. The molecule has 0 aliphatic heterocycles. The summed E-state index contributed by atoms with van der Waals surface area (Å²) in [6.45, 7) is 0.250. The highest BCUT2D eigenvalue weighted by Crippen LogP contribution is 2.29. The summed E-state index contributed by atoms with van der Waals surface area (Å²) in [5.74, 6) is -1.55. The molecule has 0 atom stereocenters. The van der Waals surface area contributed by atoms with Crippen molar-refractivity contribution < 1.29 is 18.3 Å². The van der Waals surface area contributed by atoms with Gasteiger partial charge in [-0.2, -0.15) is 5.26 Å². The SMILES string of the molecule is N#Cc1nc(Nc2ccc(I)cc2F)c(C(=O)COCC2CC2)cc1F. The van der Waals surface area contributed by atoms with Crippen molar-refractivity contribution in [2.75, 3.05) is 18.5 Å². The predicted octanol–water partition coefficient (Wildman–Crippen LogP) is 4.19. The molecule has 26 heavy (non-hydrogen) atoms. The molecule has 2 aromatic rings. The van der Waals surface area contributed by atoms with Gasteiger partial charge in [-0.05, 0) is 65.6 Å². The van der Waals surface area contributed by atoms with E-state index >= 15 is 0 Å². The third-order valence-corrected chi connectivity index (χ3v) is 4.52. The molecule has 0 radical (unpaired) electrons. The lowest BCUT2D eigenvalue weighted by molar-refractivity contribution is 0.0740. The Labute approximate surface area is 162 Å². The number of Topliss-reactive ketones (excluding diaryl/α,β-unsaturated/α-hetero) is 1. The van der Waals surface area contributed by atoms with E-state index in [0.717, 1.165) is 18.9 Å². The molecule has 1 fully saturated rings. The van der Waals surface area contributed by atoms with Gasteiger partial charge in [-0.25, -0.2) is 13.8 Å². The lowest BCUT2D eigenvalue weighted by Crippen LogP contribution is -2.15. The molecule has 5 nitrogen and oxygen atoms in total. The van der Waals surface area contributed by atoms with Gasteiger partial charge in [-0.1, -0.05) is 0 Å². The number of pyridine rings is 1. The third-order valence-electron chi connectivity index (χ3n) is 3.85. The Balaban J connectivity index is 1.87. The van der Waals surface area contributed by atoms with Gasteiger partial charge < -0.3 is 10.1 Å². The summed E-state index contributed by atoms with van der Waals surface area (Å²) in [7, 11) is 0. The minimum atomic E-state index is -0.910. The number of rotatable bonds is 7. The van der Waals surface area contributed by atoms with E-state index in [9.17, 15) is 13.6 Å². The normalized spacial score (nSPS) is 13.3. The Kier molecular flexibility index (Phi) is 5.78. The highest BCUT2D eigenvalue weighted by Gasteiger charge is 2.23. The van der Waals surface area contributed by atoms with E-state index in [-0.39, 0.29) is 23.7 Å². The van der Waals surface area contributed by atoms with Gasteiger partial charge in [0.2, 0.25) is 0 Å². The average Bonchev–Trinajstić information content (AvgIpc) is 3.42. The second-order valence-electron chi connectivity index (χ2n) is 5.96. The lowest BCUT2D eigenvalue weighted by Gasteiger charge is -2.12. The summed E-state index contributed by atoms with van der Waals surface area (Å²) >= 11 is 1.96. The van der Waals surface area contributed by atoms with Gasteiger partial charge in [-0.15, -0.1) is 0 Å². The monoisotopic (exact) mass is 469 g/mol. The number of carbonyl (C=O) groups excluding carboxylic acids is 1. The number of hydrogen-bond acceptors (Lipinski definition) is 5. The number of nitrogens with zero attached hydrogens (tertiary/aromatic N) is 2. The number of nitriles is 1. The van der Waals surface area contributed by atoms with Crippen LogP contribution in [0.3, 0.4) is 0 Å². The summed E-state index contributed by atoms with van der Waals surface area (Å²) in [4.78, 5) is 16.2. The summed E-state index contributed by atoms with van der Waals surface area (Å²) in [5.41, 5.74) is -0.495. The van der Waals surface area contributed by atoms with Crippen LogP contribution in [-0.2, 0) is 4.74 Å². The van der Waals surface area contributed by atoms with Crippen LogP contribution in [0.2, 0.25) is 0 Å². The minimum Gasteiger partial charge on any atom is -0.373 e. The van der Waals surface area contributed by atoms with E-state index in [1.165, 1.54) is 12.1 Å². The predicted molar refractivity (Wildman–Crippen MR) is 99.2 cm³/mol. The van der Waals surface area contributed by atoms with Crippen LogP contribution in [0.4, 0.5) is 20.3 Å². The fourth-order valence-corrected chi connectivity index (χ4v) is 2.73. The smallest absolute Gasteiger partial charge is 0.192 e. The van der Waals surface area contributed by atoms with Crippen molar-refractivity contribution in [3.8, 4) is 6.07 Å². The first-order valence-electron chi connectivity index (χ1n) is 7.91. The molecular weight excluding hydrogens is 455 g/mol. The zero-order valence-electron chi connectivity index (χ0n) is 13.6. The van der Waals surface area contributed by atoms with Crippen molar-refractivity contribution in [3.05, 3.63) is 50.7 Å². The minimum absolute atomic E-state index is 0.0707. The van der Waals surface area contributed by atoms with Crippen LogP contribution < -0.4 is 5.32 Å². The molecule has 134 valence electrons. The lowest BCUT2D eigenvalue weighted by atomic mass is 10.1. The van der Waals surface area contributed by atoms with E-state index in [0.29, 0.717) is 16.1 Å². The maximum atomic E-state index is 14.1. The Morgan fingerprint density at radius 2 is 2.12 bits per heavy atom. The van der Waals surface area contributed by atoms with Gasteiger partial charge in [0.1, 0.15) is 24.3 Å². The molecule has 1 aromatic carbocycles. The number of halogens is 3. The topological polar surface area (TPSA) is 75.0 Å². The zero-order chi connectivity index (χ0) is 18.7. The fourth-order valence-electron chi connectivity index (χ4n) is 2.27. The van der Waals surface area contributed by atoms with Crippen LogP contribution in [0.5, 0.6) is 0 Å². The largest absolute Gasteiger partial charge is 0.373 e. The van der Waals surface area contributed by atoms with Crippen molar-refractivity contribution in [2.45, 2.75) is 12.8 Å². The maximum absolute atomic E-state index is 14.1. The van der Waals surface area contributed by atoms with Crippen LogP contribution in [0.25, 0.3) is 0 Å². The number of aromatic nitrogens is 1. The summed E-state index contributed by atoms with van der Waals surface area (Å²) in [6.07, 6.45) is 2.17. The van der Waals surface area contributed by atoms with Gasteiger partial charge in [0.15, 0.2) is 17.3 Å². The number of hydrogen-bond donors (Lipinski definition) is 1. The molecule has 3 rings (SSSR count). The fraction of sp³-hybridized carbons (Fsp3) is 0.278. The van der Waals surface area contributed by atoms with Crippen molar-refractivity contribution in [1.82, 2.24) is 4.98 Å². The number of benzene rings is 1. The Hall–Kier alpha value is -2.12. The van der Waals surface area contributed by atoms with Gasteiger partial charge in [0.25, 0.3) is 0 Å². The van der Waals surface area contributed by atoms with Crippen LogP contribution >= 0.6 is 22.6 Å². The highest BCUT2D eigenvalue weighted by atomic mass is 127. The molecule has 1 aliphatic rings. The first kappa shape index (κ1) is 18.7. The summed E-state index contributed by atoms with van der Waals surface area (Å²) in [6, 6.07) is 7.00. The second-order valence-corrected chi connectivity index (χ2v) is 7.20. The molecule has 0 amide bonds. The first-order chi connectivity index (χ1) is 12.5. The highest BCUT2D eigenvalue weighted by molar-refractivity contribution is 14.1. The summed E-state index contributed by atoms with van der Waals surface area (Å²) < 4.78 is 34.1. The molecular formula is C18H14F2IN3O2. The van der Waals surface area contributed by atoms with Gasteiger partial charge in [0.05, 0.1) is 17.9 Å². The molecule has 0 spiro atoms. The van der Waals surface area contributed by atoms with Gasteiger partial charge in [0, 0.05) is 3.57 Å². The maximum Gasteiger partial charge on any atom is 0.192 e. The van der Waals surface area contributed by atoms with Crippen molar-refractivity contribution in [2.24, 2.45) is 5.92 Å². The number of ketones is 1. The Morgan fingerprint density at radius 3 is 2.77 bits per heavy atom. The molecule has 1 N–H and O–H groups in total. The second kappa shape index (κ2) is 8.05. The van der Waals surface area contributed by atoms with Crippen LogP contribution in [0.15, 0.2) is 24.3 Å². The van der Waals surface area contributed by atoms with Crippen molar-refractivity contribution in [3.63, 3.8) is 0 Å². The molecule has 0 unspecified atom stereocenters. The van der Waals surface area contributed by atoms with Crippen molar-refractivity contribution >= 4 is 39.9 Å². The molecule has 1 aliphatic carbocycles. The van der Waals surface area contributed by atoms with Gasteiger partial charge in [-0.3, -0.25) is 4.79 Å².